The first-order valence-corrected chi connectivity index (χ1v) is 10.9. The molecule has 0 unspecified atom stereocenters. The van der Waals surface area contributed by atoms with E-state index >= 15 is 0 Å². The first-order chi connectivity index (χ1) is 14.0. The highest BCUT2D eigenvalue weighted by Gasteiger charge is 2.43. The Morgan fingerprint density at radius 2 is 1.72 bits per heavy atom. The maximum Gasteiger partial charge on any atom is 0.312 e. The molecule has 1 aromatic rings. The fourth-order valence-corrected chi connectivity index (χ4v) is 4.58. The van der Waals surface area contributed by atoms with Gasteiger partial charge < -0.3 is 19.3 Å². The van der Waals surface area contributed by atoms with Gasteiger partial charge in [0.15, 0.2) is 0 Å². The van der Waals surface area contributed by atoms with E-state index in [2.05, 4.69) is 4.90 Å². The van der Waals surface area contributed by atoms with Gasteiger partial charge in [0.1, 0.15) is 5.75 Å². The van der Waals surface area contributed by atoms with E-state index in [0.29, 0.717) is 25.7 Å². The van der Waals surface area contributed by atoms with Crippen LogP contribution < -0.4 is 4.74 Å². The van der Waals surface area contributed by atoms with Crippen molar-refractivity contribution in [2.75, 3.05) is 39.4 Å². The first-order valence-electron chi connectivity index (χ1n) is 10.9. The zero-order chi connectivity index (χ0) is 20.7. The normalized spacial score (nSPS) is 20.3. The van der Waals surface area contributed by atoms with Crippen LogP contribution in [0.4, 0.5) is 0 Å². The van der Waals surface area contributed by atoms with Gasteiger partial charge in [-0.15, -0.1) is 0 Å². The maximum absolute atomic E-state index is 12.8. The van der Waals surface area contributed by atoms with Crippen molar-refractivity contribution >= 4 is 11.9 Å². The second-order valence-electron chi connectivity index (χ2n) is 8.19. The molecule has 2 aliphatic rings. The molecular formula is C23H34N2O4. The third-order valence-corrected chi connectivity index (χ3v) is 6.48. The molecule has 0 radical (unpaired) electrons. The van der Waals surface area contributed by atoms with Gasteiger partial charge in [0.2, 0.25) is 5.91 Å². The van der Waals surface area contributed by atoms with Gasteiger partial charge >= 0.3 is 5.97 Å². The molecule has 29 heavy (non-hydrogen) atoms. The van der Waals surface area contributed by atoms with E-state index in [0.717, 1.165) is 57.6 Å². The number of benzene rings is 1. The summed E-state index contributed by atoms with van der Waals surface area (Å²) >= 11 is 0. The molecule has 2 heterocycles. The quantitative estimate of drug-likeness (QED) is 0.656. The molecule has 0 saturated carbocycles. The van der Waals surface area contributed by atoms with E-state index < -0.39 is 5.41 Å². The highest BCUT2D eigenvalue weighted by atomic mass is 16.5. The molecule has 0 spiro atoms. The van der Waals surface area contributed by atoms with Gasteiger partial charge in [0.25, 0.3) is 0 Å². The number of hydrogen-bond donors (Lipinski definition) is 0. The van der Waals surface area contributed by atoms with Crippen LogP contribution in [0.3, 0.4) is 0 Å². The van der Waals surface area contributed by atoms with E-state index in [9.17, 15) is 9.59 Å². The average Bonchev–Trinajstić information content (AvgIpc) is 2.75. The Morgan fingerprint density at radius 1 is 1.07 bits per heavy atom. The number of carbonyl (C=O) groups is 2. The van der Waals surface area contributed by atoms with E-state index in [4.69, 9.17) is 9.47 Å². The van der Waals surface area contributed by atoms with Crippen molar-refractivity contribution in [2.45, 2.75) is 52.0 Å². The number of ether oxygens (including phenoxy) is 2. The van der Waals surface area contributed by atoms with Crippen molar-refractivity contribution in [3.05, 3.63) is 30.3 Å². The van der Waals surface area contributed by atoms with Crippen LogP contribution in [0.5, 0.6) is 5.75 Å². The number of rotatable bonds is 7. The summed E-state index contributed by atoms with van der Waals surface area (Å²) in [5.74, 6) is 0.922. The first kappa shape index (κ1) is 21.6. The number of carbonyl (C=O) groups excluding carboxylic acids is 2. The summed E-state index contributed by atoms with van der Waals surface area (Å²) in [6.07, 6.45) is 4.32. The summed E-state index contributed by atoms with van der Waals surface area (Å²) in [6.45, 7) is 7.91. The fraction of sp³-hybridized carbons (Fsp3) is 0.652. The van der Waals surface area contributed by atoms with Crippen LogP contribution in [0.2, 0.25) is 0 Å². The number of piperidine rings is 2. The Balaban J connectivity index is 1.55. The molecule has 2 aliphatic heterocycles. The molecule has 6 heteroatoms. The molecule has 3 rings (SSSR count). The van der Waals surface area contributed by atoms with Crippen molar-refractivity contribution in [3.63, 3.8) is 0 Å². The van der Waals surface area contributed by atoms with E-state index in [1.807, 2.05) is 42.2 Å². The zero-order valence-electron chi connectivity index (χ0n) is 17.8. The Kier molecular flexibility index (Phi) is 7.53. The van der Waals surface area contributed by atoms with Crippen LogP contribution in [-0.2, 0) is 14.3 Å². The van der Waals surface area contributed by atoms with Crippen LogP contribution >= 0.6 is 0 Å². The molecule has 1 aromatic carbocycles. The standard InChI is InChI=1S/C23H34N2O4/c1-3-28-22(27)23(13-18-29-21-7-5-4-6-8-21)11-16-25(17-12-23)20-9-14-24(15-10-20)19(2)26/h4-8,20H,3,9-18H2,1-2H3. The minimum Gasteiger partial charge on any atom is -0.494 e. The summed E-state index contributed by atoms with van der Waals surface area (Å²) in [4.78, 5) is 28.8. The molecule has 0 bridgehead atoms. The average molecular weight is 403 g/mol. The SMILES string of the molecule is CCOC(=O)C1(CCOc2ccccc2)CCN(C2CCN(C(C)=O)CC2)CC1. The molecule has 0 aliphatic carbocycles. The number of hydrogen-bond acceptors (Lipinski definition) is 5. The lowest BCUT2D eigenvalue weighted by atomic mass is 9.75. The van der Waals surface area contributed by atoms with Crippen molar-refractivity contribution in [3.8, 4) is 5.75 Å². The highest BCUT2D eigenvalue weighted by molar-refractivity contribution is 5.77. The van der Waals surface area contributed by atoms with Crippen molar-refractivity contribution < 1.29 is 19.1 Å². The number of para-hydroxylation sites is 1. The second-order valence-corrected chi connectivity index (χ2v) is 8.19. The van der Waals surface area contributed by atoms with Gasteiger partial charge in [-0.25, -0.2) is 0 Å². The minimum atomic E-state index is -0.457. The summed E-state index contributed by atoms with van der Waals surface area (Å²) in [5, 5.41) is 0. The van der Waals surface area contributed by atoms with Gasteiger partial charge in [-0.2, -0.15) is 0 Å². The smallest absolute Gasteiger partial charge is 0.312 e. The highest BCUT2D eigenvalue weighted by Crippen LogP contribution is 2.38. The van der Waals surface area contributed by atoms with Crippen LogP contribution in [0, 0.1) is 5.41 Å². The predicted octanol–water partition coefficient (Wildman–Crippen LogP) is 3.11. The van der Waals surface area contributed by atoms with Gasteiger partial charge in [0.05, 0.1) is 18.6 Å². The van der Waals surface area contributed by atoms with Gasteiger partial charge in [-0.05, 0) is 64.3 Å². The molecule has 2 fully saturated rings. The molecule has 0 aromatic heterocycles. The summed E-state index contributed by atoms with van der Waals surface area (Å²) in [5.41, 5.74) is -0.457. The van der Waals surface area contributed by atoms with Crippen molar-refractivity contribution in [1.29, 1.82) is 0 Å². The Bertz CT molecular complexity index is 663. The largest absolute Gasteiger partial charge is 0.494 e. The van der Waals surface area contributed by atoms with Crippen molar-refractivity contribution in [1.82, 2.24) is 9.80 Å². The summed E-state index contributed by atoms with van der Waals surface area (Å²) in [7, 11) is 0. The van der Waals surface area contributed by atoms with E-state index in [1.54, 1.807) is 6.92 Å². The number of likely N-dealkylation sites (tertiary alicyclic amines) is 2. The third kappa shape index (κ3) is 5.50. The monoisotopic (exact) mass is 402 g/mol. The molecule has 2 saturated heterocycles. The summed E-state index contributed by atoms with van der Waals surface area (Å²) < 4.78 is 11.3. The molecule has 1 amide bonds. The lowest BCUT2D eigenvalue weighted by molar-refractivity contribution is -0.160. The Morgan fingerprint density at radius 3 is 2.31 bits per heavy atom. The molecular weight excluding hydrogens is 368 g/mol. The fourth-order valence-electron chi connectivity index (χ4n) is 4.58. The van der Waals surface area contributed by atoms with Crippen LogP contribution in [0.1, 0.15) is 46.0 Å². The maximum atomic E-state index is 12.8. The topological polar surface area (TPSA) is 59.1 Å². The molecule has 0 N–H and O–H groups in total. The van der Waals surface area contributed by atoms with E-state index in [1.165, 1.54) is 0 Å². The third-order valence-electron chi connectivity index (χ3n) is 6.48. The van der Waals surface area contributed by atoms with E-state index in [-0.39, 0.29) is 11.9 Å². The van der Waals surface area contributed by atoms with Crippen LogP contribution in [0.25, 0.3) is 0 Å². The van der Waals surface area contributed by atoms with Crippen LogP contribution in [-0.4, -0.2) is 67.1 Å². The molecule has 6 nitrogen and oxygen atoms in total. The number of amides is 1. The lowest BCUT2D eigenvalue weighted by Gasteiger charge is -2.45. The predicted molar refractivity (Wildman–Crippen MR) is 112 cm³/mol. The minimum absolute atomic E-state index is 0.0808. The van der Waals surface area contributed by atoms with Crippen molar-refractivity contribution in [2.24, 2.45) is 5.41 Å². The summed E-state index contributed by atoms with van der Waals surface area (Å²) in [6, 6.07) is 10.2. The van der Waals surface area contributed by atoms with Gasteiger partial charge in [-0.1, -0.05) is 18.2 Å². The Labute approximate surface area is 174 Å². The number of nitrogens with zero attached hydrogens (tertiary/aromatic N) is 2. The Hall–Kier alpha value is -2.08. The lowest BCUT2D eigenvalue weighted by Crippen LogP contribution is -2.52. The van der Waals surface area contributed by atoms with Crippen LogP contribution in [0.15, 0.2) is 30.3 Å². The molecule has 0 atom stereocenters. The van der Waals surface area contributed by atoms with Gasteiger partial charge in [-0.3, -0.25) is 9.59 Å². The zero-order valence-corrected chi connectivity index (χ0v) is 17.8. The van der Waals surface area contributed by atoms with Gasteiger partial charge in [0, 0.05) is 26.1 Å². The number of esters is 1. The second kappa shape index (κ2) is 10.1. The molecule has 160 valence electrons.